The van der Waals surface area contributed by atoms with Crippen molar-refractivity contribution in [2.45, 2.75) is 45.2 Å². The summed E-state index contributed by atoms with van der Waals surface area (Å²) in [7, 11) is 0. The molecule has 0 spiro atoms. The Kier molecular flexibility index (Phi) is 6.85. The molecule has 148 valence electrons. The number of carbonyl (C=O) groups is 2. The van der Waals surface area contributed by atoms with Crippen LogP contribution in [0.25, 0.3) is 0 Å². The number of nitrogens with one attached hydrogen (secondary N) is 1. The summed E-state index contributed by atoms with van der Waals surface area (Å²) in [5, 5.41) is 12.2. The zero-order valence-electron chi connectivity index (χ0n) is 16.2. The van der Waals surface area contributed by atoms with Crippen LogP contribution in [-0.2, 0) is 11.3 Å². The van der Waals surface area contributed by atoms with E-state index < -0.39 is 5.97 Å². The molecular weight excluding hydrogens is 342 g/mol. The highest BCUT2D eigenvalue weighted by Gasteiger charge is 2.23. The number of aromatic carboxylic acids is 1. The molecular formula is C21H31N3O3. The van der Waals surface area contributed by atoms with E-state index in [2.05, 4.69) is 22.0 Å². The van der Waals surface area contributed by atoms with Crippen molar-refractivity contribution < 1.29 is 14.7 Å². The van der Waals surface area contributed by atoms with E-state index in [4.69, 9.17) is 5.11 Å². The number of carbonyl (C=O) groups excluding carboxylic acids is 1. The predicted molar refractivity (Wildman–Crippen MR) is 105 cm³/mol. The van der Waals surface area contributed by atoms with Gasteiger partial charge in [0.15, 0.2) is 0 Å². The summed E-state index contributed by atoms with van der Waals surface area (Å²) in [6.45, 7) is 7.21. The molecule has 1 saturated carbocycles. The van der Waals surface area contributed by atoms with Gasteiger partial charge in [0.1, 0.15) is 0 Å². The molecule has 1 aliphatic heterocycles. The largest absolute Gasteiger partial charge is 0.478 e. The molecule has 1 aliphatic carbocycles. The fourth-order valence-electron chi connectivity index (χ4n) is 4.16. The first-order valence-electron chi connectivity index (χ1n) is 10.1. The third kappa shape index (κ3) is 6.04. The minimum atomic E-state index is -0.892. The highest BCUT2D eigenvalue weighted by molar-refractivity contribution is 5.87. The van der Waals surface area contributed by atoms with Crippen LogP contribution in [0.15, 0.2) is 24.3 Å². The molecule has 2 aliphatic rings. The molecule has 6 heteroatoms. The molecule has 2 N–H and O–H groups in total. The Balaban J connectivity index is 1.38. The lowest BCUT2D eigenvalue weighted by Gasteiger charge is -2.35. The van der Waals surface area contributed by atoms with E-state index in [1.807, 2.05) is 12.1 Å². The molecule has 1 amide bonds. The summed E-state index contributed by atoms with van der Waals surface area (Å²) in [4.78, 5) is 27.8. The van der Waals surface area contributed by atoms with E-state index in [-0.39, 0.29) is 5.91 Å². The van der Waals surface area contributed by atoms with Gasteiger partial charge in [0.2, 0.25) is 5.91 Å². The number of hydrogen-bond acceptors (Lipinski definition) is 4. The van der Waals surface area contributed by atoms with Crippen LogP contribution in [0.3, 0.4) is 0 Å². The highest BCUT2D eigenvalue weighted by Crippen LogP contribution is 2.23. The maximum atomic E-state index is 12.3. The van der Waals surface area contributed by atoms with Crippen LogP contribution < -0.4 is 5.32 Å². The van der Waals surface area contributed by atoms with E-state index >= 15 is 0 Å². The number of piperazine rings is 1. The number of nitrogens with zero attached hydrogens (tertiary/aromatic N) is 2. The molecule has 27 heavy (non-hydrogen) atoms. The van der Waals surface area contributed by atoms with Crippen molar-refractivity contribution in [3.63, 3.8) is 0 Å². The zero-order valence-corrected chi connectivity index (χ0v) is 16.2. The second-order valence-electron chi connectivity index (χ2n) is 8.09. The number of amides is 1. The number of hydrogen-bond donors (Lipinski definition) is 2. The SMILES string of the molecule is CC1CCCC(NC(=O)CN2CCN(Cc3ccc(C(=O)O)cc3)CC2)C1. The van der Waals surface area contributed by atoms with Crippen molar-refractivity contribution in [1.82, 2.24) is 15.1 Å². The van der Waals surface area contributed by atoms with E-state index in [1.54, 1.807) is 12.1 Å². The topological polar surface area (TPSA) is 72.9 Å². The Morgan fingerprint density at radius 1 is 1.07 bits per heavy atom. The zero-order chi connectivity index (χ0) is 19.2. The minimum absolute atomic E-state index is 0.159. The quantitative estimate of drug-likeness (QED) is 0.800. The molecule has 0 radical (unpaired) electrons. The molecule has 2 fully saturated rings. The first-order chi connectivity index (χ1) is 13.0. The first-order valence-corrected chi connectivity index (χ1v) is 10.1. The van der Waals surface area contributed by atoms with E-state index in [9.17, 15) is 9.59 Å². The molecule has 1 aromatic carbocycles. The Labute approximate surface area is 161 Å². The Bertz CT molecular complexity index is 639. The fraction of sp³-hybridized carbons (Fsp3) is 0.619. The maximum absolute atomic E-state index is 12.3. The van der Waals surface area contributed by atoms with Crippen LogP contribution >= 0.6 is 0 Å². The van der Waals surface area contributed by atoms with Crippen LogP contribution in [0.1, 0.15) is 48.5 Å². The summed E-state index contributed by atoms with van der Waals surface area (Å²) >= 11 is 0. The van der Waals surface area contributed by atoms with E-state index in [0.717, 1.165) is 57.0 Å². The molecule has 3 rings (SSSR count). The average molecular weight is 373 g/mol. The molecule has 0 bridgehead atoms. The van der Waals surface area contributed by atoms with Gasteiger partial charge in [-0.3, -0.25) is 14.6 Å². The second-order valence-corrected chi connectivity index (χ2v) is 8.09. The van der Waals surface area contributed by atoms with Crippen molar-refractivity contribution in [2.75, 3.05) is 32.7 Å². The number of carboxylic acid groups (broad SMARTS) is 1. The van der Waals surface area contributed by atoms with Crippen LogP contribution in [0, 0.1) is 5.92 Å². The standard InChI is InChI=1S/C21H31N3O3/c1-16-3-2-4-19(13-16)22-20(25)15-24-11-9-23(10-12-24)14-17-5-7-18(8-6-17)21(26)27/h5-8,16,19H,2-4,9-15H2,1H3,(H,22,25)(H,26,27). The first kappa shape index (κ1) is 19.8. The van der Waals surface area contributed by atoms with Gasteiger partial charge in [-0.05, 0) is 36.5 Å². The van der Waals surface area contributed by atoms with Crippen molar-refractivity contribution in [2.24, 2.45) is 5.92 Å². The van der Waals surface area contributed by atoms with Crippen molar-refractivity contribution in [1.29, 1.82) is 0 Å². The summed E-state index contributed by atoms with van der Waals surface area (Å²) in [5.41, 5.74) is 1.44. The summed E-state index contributed by atoms with van der Waals surface area (Å²) in [5.74, 6) is -0.0138. The third-order valence-corrected chi connectivity index (χ3v) is 5.74. The monoisotopic (exact) mass is 373 g/mol. The van der Waals surface area contributed by atoms with Gasteiger partial charge in [0.25, 0.3) is 0 Å². The summed E-state index contributed by atoms with van der Waals surface area (Å²) in [6, 6.07) is 7.44. The smallest absolute Gasteiger partial charge is 0.335 e. The molecule has 0 aromatic heterocycles. The molecule has 1 aromatic rings. The normalized spacial score (nSPS) is 24.5. The van der Waals surface area contributed by atoms with Gasteiger partial charge in [0, 0.05) is 38.8 Å². The van der Waals surface area contributed by atoms with Gasteiger partial charge >= 0.3 is 5.97 Å². The lowest BCUT2D eigenvalue weighted by atomic mass is 9.87. The Morgan fingerprint density at radius 3 is 2.37 bits per heavy atom. The second kappa shape index (κ2) is 9.33. The van der Waals surface area contributed by atoms with Gasteiger partial charge < -0.3 is 10.4 Å². The third-order valence-electron chi connectivity index (χ3n) is 5.74. The lowest BCUT2D eigenvalue weighted by molar-refractivity contribution is -0.123. The van der Waals surface area contributed by atoms with Crippen LogP contribution in [0.4, 0.5) is 0 Å². The molecule has 2 atom stereocenters. The van der Waals surface area contributed by atoms with Gasteiger partial charge in [-0.1, -0.05) is 31.9 Å². The van der Waals surface area contributed by atoms with Gasteiger partial charge in [-0.2, -0.15) is 0 Å². The molecule has 6 nitrogen and oxygen atoms in total. The van der Waals surface area contributed by atoms with Gasteiger partial charge in [-0.15, -0.1) is 0 Å². The maximum Gasteiger partial charge on any atom is 0.335 e. The fourth-order valence-corrected chi connectivity index (χ4v) is 4.16. The Morgan fingerprint density at radius 2 is 1.74 bits per heavy atom. The number of benzene rings is 1. The lowest BCUT2D eigenvalue weighted by Crippen LogP contribution is -2.50. The highest BCUT2D eigenvalue weighted by atomic mass is 16.4. The van der Waals surface area contributed by atoms with Gasteiger partial charge in [-0.25, -0.2) is 4.79 Å². The molecule has 1 saturated heterocycles. The van der Waals surface area contributed by atoms with Gasteiger partial charge in [0.05, 0.1) is 12.1 Å². The molecule has 1 heterocycles. The van der Waals surface area contributed by atoms with E-state index in [0.29, 0.717) is 18.2 Å². The van der Waals surface area contributed by atoms with Crippen LogP contribution in [0.2, 0.25) is 0 Å². The Hall–Kier alpha value is -1.92. The average Bonchev–Trinajstić information content (AvgIpc) is 2.64. The van der Waals surface area contributed by atoms with Crippen molar-refractivity contribution in [3.05, 3.63) is 35.4 Å². The van der Waals surface area contributed by atoms with Crippen LogP contribution in [-0.4, -0.2) is 65.5 Å². The van der Waals surface area contributed by atoms with Crippen molar-refractivity contribution in [3.8, 4) is 0 Å². The number of carboxylic acids is 1. The van der Waals surface area contributed by atoms with Crippen molar-refractivity contribution >= 4 is 11.9 Å². The predicted octanol–water partition coefficient (Wildman–Crippen LogP) is 2.20. The van der Waals surface area contributed by atoms with Crippen LogP contribution in [0.5, 0.6) is 0 Å². The van der Waals surface area contributed by atoms with E-state index in [1.165, 1.54) is 12.8 Å². The minimum Gasteiger partial charge on any atom is -0.478 e. The summed E-state index contributed by atoms with van der Waals surface area (Å²) < 4.78 is 0. The summed E-state index contributed by atoms with van der Waals surface area (Å²) in [6.07, 6.45) is 4.73. The molecule has 2 unspecified atom stereocenters. The number of rotatable bonds is 6.